The van der Waals surface area contributed by atoms with Crippen molar-refractivity contribution < 1.29 is 39.9 Å². The predicted octanol–water partition coefficient (Wildman–Crippen LogP) is 3.15. The van der Waals surface area contributed by atoms with Crippen molar-refractivity contribution in [2.24, 2.45) is 0 Å². The molecule has 0 aromatic carbocycles. The Hall–Kier alpha value is -0.600. The Morgan fingerprint density at radius 3 is 1.60 bits per heavy atom. The smallest absolute Gasteiger partial charge is 0.374 e. The molecule has 9 heteroatoms. The lowest BCUT2D eigenvalue weighted by molar-refractivity contribution is -0.297. The van der Waals surface area contributed by atoms with Crippen LogP contribution in [-0.4, -0.2) is 31.5 Å². The molecule has 92 valence electrons. The van der Waals surface area contributed by atoms with E-state index < -0.39 is 37.9 Å². The summed E-state index contributed by atoms with van der Waals surface area (Å²) < 4.78 is 96.2. The Morgan fingerprint density at radius 2 is 1.27 bits per heavy atom. The summed E-state index contributed by atoms with van der Waals surface area (Å²) in [5, 5.41) is 0. The topological polar surface area (TPSA) is 9.23 Å². The molecule has 0 fully saturated rings. The van der Waals surface area contributed by atoms with Gasteiger partial charge in [-0.25, -0.2) is 0 Å². The normalized spacial score (nSPS) is 14.4. The van der Waals surface area contributed by atoms with Gasteiger partial charge in [0.05, 0.1) is 13.0 Å². The van der Waals surface area contributed by atoms with Gasteiger partial charge in [-0.3, -0.25) is 0 Å². The van der Waals surface area contributed by atoms with Gasteiger partial charge in [0.25, 0.3) is 0 Å². The fourth-order valence-corrected chi connectivity index (χ4v) is 0.470. The molecule has 0 unspecified atom stereocenters. The van der Waals surface area contributed by atoms with Crippen molar-refractivity contribution >= 4 is 0 Å². The summed E-state index contributed by atoms with van der Waals surface area (Å²) in [5.41, 5.74) is 0. The molecule has 0 bridgehead atoms. The van der Waals surface area contributed by atoms with E-state index in [1.807, 2.05) is 0 Å². The van der Waals surface area contributed by atoms with Gasteiger partial charge >= 0.3 is 18.3 Å². The van der Waals surface area contributed by atoms with Gasteiger partial charge in [0.2, 0.25) is 0 Å². The molecular formula is C6H6F8O. The van der Waals surface area contributed by atoms with E-state index in [1.165, 1.54) is 0 Å². The van der Waals surface area contributed by atoms with Crippen molar-refractivity contribution in [1.82, 2.24) is 0 Å². The molecule has 0 radical (unpaired) electrons. The summed E-state index contributed by atoms with van der Waals surface area (Å²) in [4.78, 5) is 0. The molecule has 0 amide bonds. The lowest BCUT2D eigenvalue weighted by atomic mass is 10.3. The minimum atomic E-state index is -5.81. The first-order valence-electron chi connectivity index (χ1n) is 3.55. The predicted molar refractivity (Wildman–Crippen MR) is 32.5 cm³/mol. The summed E-state index contributed by atoms with van der Waals surface area (Å²) in [6.45, 7) is -3.33. The first-order valence-corrected chi connectivity index (χ1v) is 3.55. The molecule has 0 atom stereocenters. The molecule has 1 nitrogen and oxygen atoms in total. The van der Waals surface area contributed by atoms with E-state index in [4.69, 9.17) is 0 Å². The highest BCUT2D eigenvalue weighted by Crippen LogP contribution is 2.35. The molecule has 0 heterocycles. The Kier molecular flexibility index (Phi) is 4.32. The summed E-state index contributed by atoms with van der Waals surface area (Å²) in [6.07, 6.45) is -12.0. The highest BCUT2D eigenvalue weighted by Gasteiger charge is 2.57. The van der Waals surface area contributed by atoms with E-state index in [0.29, 0.717) is 0 Å². The van der Waals surface area contributed by atoms with E-state index in [1.54, 1.807) is 0 Å². The maximum Gasteiger partial charge on any atom is 0.455 e. The van der Waals surface area contributed by atoms with Crippen LogP contribution < -0.4 is 0 Å². The van der Waals surface area contributed by atoms with Crippen LogP contribution in [0.2, 0.25) is 0 Å². The fraction of sp³-hybridized carbons (Fsp3) is 1.00. The first-order chi connectivity index (χ1) is 6.46. The van der Waals surface area contributed by atoms with E-state index >= 15 is 0 Å². The van der Waals surface area contributed by atoms with Gasteiger partial charge in [-0.15, -0.1) is 0 Å². The third-order valence-corrected chi connectivity index (χ3v) is 1.23. The van der Waals surface area contributed by atoms with Crippen LogP contribution in [0.25, 0.3) is 0 Å². The van der Waals surface area contributed by atoms with Crippen molar-refractivity contribution in [2.75, 3.05) is 13.2 Å². The van der Waals surface area contributed by atoms with Gasteiger partial charge in [-0.2, -0.15) is 35.1 Å². The average Bonchev–Trinajstić information content (AvgIpc) is 1.94. The Morgan fingerprint density at radius 1 is 0.800 bits per heavy atom. The lowest BCUT2D eigenvalue weighted by Crippen LogP contribution is -2.41. The third kappa shape index (κ3) is 5.75. The zero-order valence-electron chi connectivity index (χ0n) is 7.05. The number of ether oxygens (including phenoxy) is 1. The maximum atomic E-state index is 12.0. The summed E-state index contributed by atoms with van der Waals surface area (Å²) in [5.74, 6) is -5.13. The van der Waals surface area contributed by atoms with Crippen LogP contribution in [0.5, 0.6) is 0 Å². The standard InChI is InChI=1S/C6H6F8O/c7-4(8,6(12,13)14)3-15-2-1-5(9,10)11/h1-3H2. The number of rotatable bonds is 4. The Labute approximate surface area is 79.0 Å². The summed E-state index contributed by atoms with van der Waals surface area (Å²) >= 11 is 0. The van der Waals surface area contributed by atoms with Crippen LogP contribution in [0.1, 0.15) is 6.42 Å². The molecule has 0 N–H and O–H groups in total. The van der Waals surface area contributed by atoms with Gasteiger partial charge in [0.1, 0.15) is 6.61 Å². The quantitative estimate of drug-likeness (QED) is 0.547. The average molecular weight is 246 g/mol. The second kappa shape index (κ2) is 4.50. The first kappa shape index (κ1) is 14.4. The van der Waals surface area contributed by atoms with Crippen LogP contribution in [0.15, 0.2) is 0 Å². The fourth-order valence-electron chi connectivity index (χ4n) is 0.470. The third-order valence-electron chi connectivity index (χ3n) is 1.23. The molecule has 15 heavy (non-hydrogen) atoms. The van der Waals surface area contributed by atoms with Gasteiger partial charge in [0, 0.05) is 0 Å². The molecule has 0 aliphatic rings. The van der Waals surface area contributed by atoms with Crippen molar-refractivity contribution in [1.29, 1.82) is 0 Å². The van der Waals surface area contributed by atoms with Gasteiger partial charge in [0.15, 0.2) is 0 Å². The van der Waals surface area contributed by atoms with Crippen LogP contribution >= 0.6 is 0 Å². The van der Waals surface area contributed by atoms with Crippen molar-refractivity contribution in [3.05, 3.63) is 0 Å². The second-order valence-corrected chi connectivity index (χ2v) is 2.62. The van der Waals surface area contributed by atoms with Gasteiger partial charge in [-0.1, -0.05) is 0 Å². The largest absolute Gasteiger partial charge is 0.455 e. The Bertz CT molecular complexity index is 192. The zero-order valence-corrected chi connectivity index (χ0v) is 7.05. The van der Waals surface area contributed by atoms with Gasteiger partial charge < -0.3 is 4.74 Å². The molecule has 0 aromatic rings. The minimum Gasteiger partial charge on any atom is -0.374 e. The molecule has 0 aliphatic carbocycles. The molecule has 0 aromatic heterocycles. The molecular weight excluding hydrogens is 240 g/mol. The number of hydrogen-bond acceptors (Lipinski definition) is 1. The second-order valence-electron chi connectivity index (χ2n) is 2.62. The summed E-state index contributed by atoms with van der Waals surface area (Å²) in [7, 11) is 0. The lowest BCUT2D eigenvalue weighted by Gasteiger charge is -2.19. The van der Waals surface area contributed by atoms with Crippen LogP contribution in [-0.2, 0) is 4.74 Å². The van der Waals surface area contributed by atoms with Crippen molar-refractivity contribution in [2.45, 2.75) is 24.7 Å². The van der Waals surface area contributed by atoms with Crippen LogP contribution in [0.3, 0.4) is 0 Å². The molecule has 0 rings (SSSR count). The van der Waals surface area contributed by atoms with E-state index in [-0.39, 0.29) is 0 Å². The van der Waals surface area contributed by atoms with Crippen LogP contribution in [0.4, 0.5) is 35.1 Å². The van der Waals surface area contributed by atoms with Crippen molar-refractivity contribution in [3.63, 3.8) is 0 Å². The molecule has 0 spiro atoms. The van der Waals surface area contributed by atoms with Crippen molar-refractivity contribution in [3.8, 4) is 0 Å². The highest BCUT2D eigenvalue weighted by atomic mass is 19.4. The maximum absolute atomic E-state index is 12.0. The van der Waals surface area contributed by atoms with E-state index in [2.05, 4.69) is 4.74 Å². The zero-order chi connectivity index (χ0) is 12.3. The van der Waals surface area contributed by atoms with Crippen LogP contribution in [0, 0.1) is 0 Å². The molecule has 0 saturated heterocycles. The monoisotopic (exact) mass is 246 g/mol. The molecule has 0 aliphatic heterocycles. The van der Waals surface area contributed by atoms with E-state index in [9.17, 15) is 35.1 Å². The SMILES string of the molecule is FC(F)(F)CCOCC(F)(F)C(F)(F)F. The molecule has 0 saturated carbocycles. The number of alkyl halides is 8. The van der Waals surface area contributed by atoms with Gasteiger partial charge in [-0.05, 0) is 0 Å². The highest BCUT2D eigenvalue weighted by molar-refractivity contribution is 4.74. The summed E-state index contributed by atoms with van der Waals surface area (Å²) in [6, 6.07) is 0. The number of hydrogen-bond donors (Lipinski definition) is 0. The number of halogens is 8. The minimum absolute atomic E-state index is 1.23. The Balaban J connectivity index is 3.87. The van der Waals surface area contributed by atoms with E-state index in [0.717, 1.165) is 0 Å².